The molecule has 7 nitrogen and oxygen atoms in total. The third-order valence-corrected chi connectivity index (χ3v) is 5.66. The number of nitrogens with zero attached hydrogens (tertiary/aromatic N) is 3. The van der Waals surface area contributed by atoms with E-state index < -0.39 is 0 Å². The van der Waals surface area contributed by atoms with Crippen molar-refractivity contribution in [2.45, 2.75) is 57.9 Å². The Morgan fingerprint density at radius 1 is 1.31 bits per heavy atom. The van der Waals surface area contributed by atoms with E-state index >= 15 is 0 Å². The molecule has 2 N–H and O–H groups in total. The van der Waals surface area contributed by atoms with Crippen molar-refractivity contribution in [3.05, 3.63) is 0 Å². The average molecular weight is 366 g/mol. The van der Waals surface area contributed by atoms with Crippen LogP contribution in [-0.2, 0) is 9.59 Å². The summed E-state index contributed by atoms with van der Waals surface area (Å²) < 4.78 is 0. The molecule has 1 unspecified atom stereocenters. The molecule has 0 aliphatic carbocycles. The van der Waals surface area contributed by atoms with E-state index in [0.29, 0.717) is 30.7 Å². The van der Waals surface area contributed by atoms with E-state index in [4.69, 9.17) is 0 Å². The standard InChI is InChI=1S/C19H35N5O2/c1-4-16(24-11-5-6-18(24)26)7-10-22-19(21-3)23-12-8-15(9-13-23)14-17(25)20-2/h15-16H,4-14H2,1-3H3,(H,20,25)(H,21,22). The fraction of sp³-hybridized carbons (Fsp3) is 0.842. The molecule has 0 radical (unpaired) electrons. The number of carbonyl (C=O) groups is 2. The molecule has 2 amide bonds. The van der Waals surface area contributed by atoms with Crippen molar-refractivity contribution < 1.29 is 9.59 Å². The van der Waals surface area contributed by atoms with Crippen LogP contribution in [-0.4, -0.2) is 73.9 Å². The molecule has 2 heterocycles. The van der Waals surface area contributed by atoms with Crippen LogP contribution >= 0.6 is 0 Å². The van der Waals surface area contributed by atoms with Gasteiger partial charge in [0.2, 0.25) is 11.8 Å². The van der Waals surface area contributed by atoms with Crippen LogP contribution < -0.4 is 10.6 Å². The lowest BCUT2D eigenvalue weighted by Crippen LogP contribution is -2.47. The van der Waals surface area contributed by atoms with E-state index in [1.54, 1.807) is 7.05 Å². The Balaban J connectivity index is 1.74. The first-order valence-electron chi connectivity index (χ1n) is 10.0. The molecule has 2 rings (SSSR count). The Labute approximate surface area is 157 Å². The first kappa shape index (κ1) is 20.5. The molecule has 2 aliphatic heterocycles. The zero-order valence-electron chi connectivity index (χ0n) is 16.6. The molecule has 7 heteroatoms. The van der Waals surface area contributed by atoms with Crippen LogP contribution in [0, 0.1) is 5.92 Å². The molecule has 0 aromatic carbocycles. The summed E-state index contributed by atoms with van der Waals surface area (Å²) in [5, 5.41) is 6.18. The second-order valence-electron chi connectivity index (χ2n) is 7.32. The third-order valence-electron chi connectivity index (χ3n) is 5.66. The van der Waals surface area contributed by atoms with Gasteiger partial charge in [-0.3, -0.25) is 14.6 Å². The highest BCUT2D eigenvalue weighted by Gasteiger charge is 2.27. The van der Waals surface area contributed by atoms with E-state index in [1.807, 2.05) is 7.05 Å². The van der Waals surface area contributed by atoms with Gasteiger partial charge in [0.25, 0.3) is 0 Å². The molecule has 148 valence electrons. The van der Waals surface area contributed by atoms with Crippen LogP contribution in [0.2, 0.25) is 0 Å². The van der Waals surface area contributed by atoms with Gasteiger partial charge in [0.1, 0.15) is 0 Å². The maximum Gasteiger partial charge on any atom is 0.222 e. The van der Waals surface area contributed by atoms with Crippen molar-refractivity contribution in [1.82, 2.24) is 20.4 Å². The lowest BCUT2D eigenvalue weighted by Gasteiger charge is -2.34. The molecule has 0 spiro atoms. The first-order chi connectivity index (χ1) is 12.6. The number of likely N-dealkylation sites (tertiary alicyclic amines) is 2. The molecule has 26 heavy (non-hydrogen) atoms. The van der Waals surface area contributed by atoms with Crippen molar-refractivity contribution >= 4 is 17.8 Å². The van der Waals surface area contributed by atoms with E-state index in [9.17, 15) is 9.59 Å². The van der Waals surface area contributed by atoms with Gasteiger partial charge in [-0.15, -0.1) is 0 Å². The largest absolute Gasteiger partial charge is 0.359 e. The molecule has 0 aromatic rings. The molecule has 0 saturated carbocycles. The second-order valence-corrected chi connectivity index (χ2v) is 7.32. The van der Waals surface area contributed by atoms with E-state index in [2.05, 4.69) is 32.3 Å². The van der Waals surface area contributed by atoms with Crippen molar-refractivity contribution in [2.75, 3.05) is 40.3 Å². The number of nitrogens with one attached hydrogen (secondary N) is 2. The van der Waals surface area contributed by atoms with Crippen molar-refractivity contribution in [2.24, 2.45) is 10.9 Å². The van der Waals surface area contributed by atoms with E-state index in [-0.39, 0.29) is 5.91 Å². The highest BCUT2D eigenvalue weighted by molar-refractivity contribution is 5.80. The Kier molecular flexibility index (Phi) is 8.19. The van der Waals surface area contributed by atoms with Crippen LogP contribution in [0.1, 0.15) is 51.9 Å². The summed E-state index contributed by atoms with van der Waals surface area (Å²) in [6, 6.07) is 0.328. The van der Waals surface area contributed by atoms with Gasteiger partial charge >= 0.3 is 0 Å². The predicted octanol–water partition coefficient (Wildman–Crippen LogP) is 1.20. The minimum absolute atomic E-state index is 0.132. The summed E-state index contributed by atoms with van der Waals surface area (Å²) in [6.45, 7) is 5.76. The Morgan fingerprint density at radius 3 is 2.58 bits per heavy atom. The van der Waals surface area contributed by atoms with Crippen LogP contribution in [0.4, 0.5) is 0 Å². The number of amides is 2. The van der Waals surface area contributed by atoms with Gasteiger partial charge in [0.05, 0.1) is 0 Å². The van der Waals surface area contributed by atoms with Gasteiger partial charge in [0, 0.05) is 59.2 Å². The molecule has 2 aliphatic rings. The predicted molar refractivity (Wildman–Crippen MR) is 104 cm³/mol. The molecule has 0 aromatic heterocycles. The Hall–Kier alpha value is -1.79. The lowest BCUT2D eigenvalue weighted by atomic mass is 9.93. The van der Waals surface area contributed by atoms with Gasteiger partial charge in [-0.1, -0.05) is 6.92 Å². The number of hydrogen-bond donors (Lipinski definition) is 2. The highest BCUT2D eigenvalue weighted by Crippen LogP contribution is 2.21. The maximum atomic E-state index is 11.9. The monoisotopic (exact) mass is 365 g/mol. The van der Waals surface area contributed by atoms with Crippen LogP contribution in [0.15, 0.2) is 4.99 Å². The summed E-state index contributed by atoms with van der Waals surface area (Å²) in [5.74, 6) is 1.84. The van der Waals surface area contributed by atoms with Gasteiger partial charge in [0.15, 0.2) is 5.96 Å². The number of guanidine groups is 1. The van der Waals surface area contributed by atoms with Gasteiger partial charge < -0.3 is 20.4 Å². The van der Waals surface area contributed by atoms with Crippen molar-refractivity contribution in [3.63, 3.8) is 0 Å². The SMILES string of the molecule is CCC(CCNC(=NC)N1CCC(CC(=O)NC)CC1)N1CCCC1=O. The smallest absolute Gasteiger partial charge is 0.222 e. The Bertz CT molecular complexity index is 500. The Morgan fingerprint density at radius 2 is 2.04 bits per heavy atom. The number of hydrogen-bond acceptors (Lipinski definition) is 3. The topological polar surface area (TPSA) is 77.0 Å². The van der Waals surface area contributed by atoms with Crippen LogP contribution in [0.25, 0.3) is 0 Å². The van der Waals surface area contributed by atoms with E-state index in [0.717, 1.165) is 64.2 Å². The molecule has 0 bridgehead atoms. The minimum Gasteiger partial charge on any atom is -0.359 e. The molecule has 1 atom stereocenters. The van der Waals surface area contributed by atoms with Gasteiger partial charge in [-0.25, -0.2) is 0 Å². The number of aliphatic imine (C=N–C) groups is 1. The fourth-order valence-electron chi connectivity index (χ4n) is 4.03. The van der Waals surface area contributed by atoms with Gasteiger partial charge in [-0.2, -0.15) is 0 Å². The number of carbonyl (C=O) groups excluding carboxylic acids is 2. The number of rotatable bonds is 7. The molecule has 2 fully saturated rings. The fourth-order valence-corrected chi connectivity index (χ4v) is 4.03. The third kappa shape index (κ3) is 5.61. The first-order valence-corrected chi connectivity index (χ1v) is 10.0. The van der Waals surface area contributed by atoms with Crippen LogP contribution in [0.3, 0.4) is 0 Å². The number of piperidine rings is 1. The zero-order valence-corrected chi connectivity index (χ0v) is 16.6. The summed E-state index contributed by atoms with van der Waals surface area (Å²) in [5.41, 5.74) is 0. The van der Waals surface area contributed by atoms with Crippen molar-refractivity contribution in [1.29, 1.82) is 0 Å². The summed E-state index contributed by atoms with van der Waals surface area (Å²) in [7, 11) is 3.52. The zero-order chi connectivity index (χ0) is 18.9. The second kappa shape index (κ2) is 10.4. The molecular formula is C19H35N5O2. The summed E-state index contributed by atoms with van der Waals surface area (Å²) >= 11 is 0. The van der Waals surface area contributed by atoms with Gasteiger partial charge in [-0.05, 0) is 38.0 Å². The molecule has 2 saturated heterocycles. The maximum absolute atomic E-state index is 11.9. The summed E-state index contributed by atoms with van der Waals surface area (Å²) in [6.07, 6.45) is 6.32. The normalized spacial score (nSPS) is 20.4. The van der Waals surface area contributed by atoms with E-state index in [1.165, 1.54) is 0 Å². The molecular weight excluding hydrogens is 330 g/mol. The highest BCUT2D eigenvalue weighted by atomic mass is 16.2. The lowest BCUT2D eigenvalue weighted by molar-refractivity contribution is -0.129. The minimum atomic E-state index is 0.132. The average Bonchev–Trinajstić information content (AvgIpc) is 3.08. The van der Waals surface area contributed by atoms with Crippen LogP contribution in [0.5, 0.6) is 0 Å². The van der Waals surface area contributed by atoms with Crippen molar-refractivity contribution in [3.8, 4) is 0 Å². The summed E-state index contributed by atoms with van der Waals surface area (Å²) in [4.78, 5) is 32.2. The quantitative estimate of drug-likeness (QED) is 0.525.